The third kappa shape index (κ3) is 11.1. The summed E-state index contributed by atoms with van der Waals surface area (Å²) in [5.74, 6) is -3.36. The first-order valence-corrected chi connectivity index (χ1v) is 17.8. The average molecular weight is 833 g/mol. The van der Waals surface area contributed by atoms with Crippen LogP contribution in [-0.2, 0) is 61.8 Å². The van der Waals surface area contributed by atoms with Crippen molar-refractivity contribution in [1.29, 1.82) is 0 Å². The standard InChI is InChI=1S/C32H52N2O23/c1-9(38)33-17-22(45)19(42)13(5-35)53-30(17)49-8-16-21(44)26(57-31-18(34-10(2)39)23(46)20(43)14(6-36)54-31)24(47)32(55-16)56-25-15(7-37)52-29(48)28(51-12(4)41)27(25)50-11(3)40/h13-32,35-37,42-48H,5-8H2,1-4H3,(H,33,38)(H,34,39)/t13-,14-,15-,16-,17-,18-,19-,20-,21+,22-,23-,24-,25-,26+,27+,28-,29?,30-,31+,32+/m1/s1. The topological polar surface area (TPSA) is 378 Å². The van der Waals surface area contributed by atoms with Crippen LogP contribution in [0.25, 0.3) is 0 Å². The Morgan fingerprint density at radius 1 is 0.491 bits per heavy atom. The van der Waals surface area contributed by atoms with Crippen molar-refractivity contribution < 1.29 is 113 Å². The van der Waals surface area contributed by atoms with E-state index in [0.717, 1.165) is 27.7 Å². The van der Waals surface area contributed by atoms with Gasteiger partial charge in [-0.2, -0.15) is 0 Å². The molecule has 1 unspecified atom stereocenters. The summed E-state index contributed by atoms with van der Waals surface area (Å²) in [5.41, 5.74) is 0. The van der Waals surface area contributed by atoms with E-state index in [0.29, 0.717) is 0 Å². The van der Waals surface area contributed by atoms with Crippen LogP contribution in [-0.4, -0.2) is 224 Å². The van der Waals surface area contributed by atoms with Crippen LogP contribution >= 0.6 is 0 Å². The zero-order valence-corrected chi connectivity index (χ0v) is 31.2. The third-order valence-electron chi connectivity index (χ3n) is 9.54. The zero-order valence-electron chi connectivity index (χ0n) is 31.2. The van der Waals surface area contributed by atoms with Gasteiger partial charge in [-0.25, -0.2) is 0 Å². The predicted octanol–water partition coefficient (Wildman–Crippen LogP) is -8.32. The van der Waals surface area contributed by atoms with E-state index in [2.05, 4.69) is 10.6 Å². The number of aliphatic hydroxyl groups is 10. The highest BCUT2D eigenvalue weighted by molar-refractivity contribution is 5.73. The van der Waals surface area contributed by atoms with Gasteiger partial charge in [0.05, 0.1) is 26.4 Å². The predicted molar refractivity (Wildman–Crippen MR) is 176 cm³/mol. The van der Waals surface area contributed by atoms with Crippen LogP contribution in [0.4, 0.5) is 0 Å². The zero-order chi connectivity index (χ0) is 42.5. The Morgan fingerprint density at radius 2 is 0.947 bits per heavy atom. The average Bonchev–Trinajstić information content (AvgIpc) is 3.14. The highest BCUT2D eigenvalue weighted by Gasteiger charge is 2.56. The van der Waals surface area contributed by atoms with Crippen LogP contribution in [0.3, 0.4) is 0 Å². The normalized spacial score (nSPS) is 43.8. The second-order valence-electron chi connectivity index (χ2n) is 13.8. The van der Waals surface area contributed by atoms with Gasteiger partial charge < -0.3 is 104 Å². The molecule has 4 rings (SSSR count). The number of ether oxygens (including phenoxy) is 9. The molecule has 4 fully saturated rings. The van der Waals surface area contributed by atoms with Crippen molar-refractivity contribution in [3.8, 4) is 0 Å². The van der Waals surface area contributed by atoms with Gasteiger partial charge in [-0.15, -0.1) is 0 Å². The van der Waals surface area contributed by atoms with E-state index in [-0.39, 0.29) is 0 Å². The summed E-state index contributed by atoms with van der Waals surface area (Å²) in [7, 11) is 0. The molecule has 25 heteroatoms. The summed E-state index contributed by atoms with van der Waals surface area (Å²) in [5, 5.41) is 111. The minimum Gasteiger partial charge on any atom is -0.455 e. The summed E-state index contributed by atoms with van der Waals surface area (Å²) in [6, 6.07) is -3.04. The van der Waals surface area contributed by atoms with Crippen molar-refractivity contribution in [2.24, 2.45) is 0 Å². The van der Waals surface area contributed by atoms with E-state index in [1.807, 2.05) is 0 Å². The Kier molecular flexibility index (Phi) is 16.8. The van der Waals surface area contributed by atoms with Crippen LogP contribution in [0.1, 0.15) is 27.7 Å². The molecule has 4 aliphatic rings. The molecule has 4 aliphatic heterocycles. The van der Waals surface area contributed by atoms with Gasteiger partial charge in [0.15, 0.2) is 37.4 Å². The van der Waals surface area contributed by atoms with Crippen molar-refractivity contribution in [2.45, 2.75) is 150 Å². The lowest BCUT2D eigenvalue weighted by molar-refractivity contribution is -0.377. The van der Waals surface area contributed by atoms with Gasteiger partial charge in [-0.1, -0.05) is 0 Å². The molecule has 57 heavy (non-hydrogen) atoms. The van der Waals surface area contributed by atoms with Gasteiger partial charge in [0, 0.05) is 27.7 Å². The summed E-state index contributed by atoms with van der Waals surface area (Å²) in [4.78, 5) is 48.2. The largest absolute Gasteiger partial charge is 0.455 e. The maximum Gasteiger partial charge on any atom is 0.303 e. The molecule has 25 nitrogen and oxygen atoms in total. The molecule has 0 aromatic heterocycles. The molecule has 0 bridgehead atoms. The Balaban J connectivity index is 1.71. The van der Waals surface area contributed by atoms with Crippen molar-refractivity contribution in [2.75, 3.05) is 26.4 Å². The van der Waals surface area contributed by atoms with Crippen molar-refractivity contribution in [3.63, 3.8) is 0 Å². The summed E-state index contributed by atoms with van der Waals surface area (Å²) in [6.45, 7) is 0.711. The quantitative estimate of drug-likeness (QED) is 0.0723. The van der Waals surface area contributed by atoms with Crippen LogP contribution in [0.2, 0.25) is 0 Å². The third-order valence-corrected chi connectivity index (χ3v) is 9.54. The van der Waals surface area contributed by atoms with Crippen LogP contribution in [0.15, 0.2) is 0 Å². The molecule has 20 atom stereocenters. The van der Waals surface area contributed by atoms with E-state index in [1.165, 1.54) is 0 Å². The van der Waals surface area contributed by atoms with Gasteiger partial charge in [-0.3, -0.25) is 19.2 Å². The Labute approximate surface area is 324 Å². The van der Waals surface area contributed by atoms with Crippen LogP contribution in [0, 0.1) is 0 Å². The first kappa shape index (κ1) is 46.9. The number of nitrogens with one attached hydrogen (secondary N) is 2. The van der Waals surface area contributed by atoms with Crippen LogP contribution < -0.4 is 10.6 Å². The highest BCUT2D eigenvalue weighted by atomic mass is 16.8. The van der Waals surface area contributed by atoms with Crippen LogP contribution in [0.5, 0.6) is 0 Å². The van der Waals surface area contributed by atoms with Crippen molar-refractivity contribution >= 4 is 23.8 Å². The molecule has 0 aromatic rings. The Bertz CT molecular complexity index is 1360. The molecule has 0 aliphatic carbocycles. The summed E-state index contributed by atoms with van der Waals surface area (Å²) >= 11 is 0. The smallest absolute Gasteiger partial charge is 0.303 e. The molecule has 0 aromatic carbocycles. The lowest BCUT2D eigenvalue weighted by Crippen LogP contribution is -2.69. The SMILES string of the molecule is CC(=O)N[C@H]1[C@H](OC[C@H]2O[C@@H](O[C@H]3[C@H](OC(C)=O)[C@@H](OC(C)=O)C(O)O[C@@H]3CO)[C@H](O)[C@@H](O[C@@H]3O[C@H](CO)[C@@H](O)[C@H](O)[C@H]3NC(C)=O)[C@H]2O)O[C@H](CO)[C@@H](O)[C@@H]1O. The van der Waals surface area contributed by atoms with E-state index in [9.17, 15) is 70.2 Å². The molecule has 0 spiro atoms. The number of carbonyl (C=O) groups excluding carboxylic acids is 4. The molecule has 4 heterocycles. The maximum absolute atomic E-state index is 12.2. The summed E-state index contributed by atoms with van der Waals surface area (Å²) < 4.78 is 50.6. The number of rotatable bonds is 14. The number of hydrogen-bond acceptors (Lipinski definition) is 23. The van der Waals surface area contributed by atoms with Gasteiger partial charge in [0.2, 0.25) is 11.8 Å². The molecule has 2 amide bonds. The minimum absolute atomic E-state index is 0.688. The fourth-order valence-corrected chi connectivity index (χ4v) is 6.86. The van der Waals surface area contributed by atoms with E-state index < -0.39 is 173 Å². The minimum atomic E-state index is -2.14. The molecule has 12 N–H and O–H groups in total. The van der Waals surface area contributed by atoms with E-state index in [1.54, 1.807) is 0 Å². The Morgan fingerprint density at radius 3 is 1.44 bits per heavy atom. The summed E-state index contributed by atoms with van der Waals surface area (Å²) in [6.07, 6.45) is -32.0. The number of aliphatic hydroxyl groups excluding tert-OH is 10. The highest BCUT2D eigenvalue weighted by Crippen LogP contribution is 2.35. The number of esters is 2. The molecule has 4 saturated heterocycles. The fourth-order valence-electron chi connectivity index (χ4n) is 6.86. The fraction of sp³-hybridized carbons (Fsp3) is 0.875. The molecular weight excluding hydrogens is 780 g/mol. The monoisotopic (exact) mass is 832 g/mol. The second-order valence-corrected chi connectivity index (χ2v) is 13.8. The van der Waals surface area contributed by atoms with Gasteiger partial charge >= 0.3 is 11.9 Å². The second kappa shape index (κ2) is 20.4. The first-order valence-electron chi connectivity index (χ1n) is 17.8. The van der Waals surface area contributed by atoms with Gasteiger partial charge in [-0.05, 0) is 0 Å². The van der Waals surface area contributed by atoms with Gasteiger partial charge in [0.1, 0.15) is 85.3 Å². The van der Waals surface area contributed by atoms with E-state index >= 15 is 0 Å². The molecule has 328 valence electrons. The molecular formula is C32H52N2O23. The lowest BCUT2D eigenvalue weighted by atomic mass is 9.94. The number of carbonyl (C=O) groups is 4. The lowest BCUT2D eigenvalue weighted by Gasteiger charge is -2.49. The number of amides is 2. The van der Waals surface area contributed by atoms with Gasteiger partial charge in [0.25, 0.3) is 0 Å². The molecule has 0 radical (unpaired) electrons. The maximum atomic E-state index is 12.2. The van der Waals surface area contributed by atoms with Crippen molar-refractivity contribution in [3.05, 3.63) is 0 Å². The number of hydrogen-bond donors (Lipinski definition) is 12. The molecule has 0 saturated carbocycles. The van der Waals surface area contributed by atoms with Crippen molar-refractivity contribution in [1.82, 2.24) is 10.6 Å². The Hall–Kier alpha value is -2.80. The van der Waals surface area contributed by atoms with E-state index in [4.69, 9.17) is 42.6 Å². The first-order chi connectivity index (χ1) is 26.8.